The Bertz CT molecular complexity index is 238. The third-order valence-corrected chi connectivity index (χ3v) is 3.11. The molecule has 2 heterocycles. The number of hydrogen-bond donors (Lipinski definition) is 1. The molecule has 5 heteroatoms. The van der Waals surface area contributed by atoms with Crippen LogP contribution in [0.4, 0.5) is 0 Å². The van der Waals surface area contributed by atoms with E-state index < -0.39 is 6.10 Å². The second-order valence-electron chi connectivity index (χ2n) is 4.29. The molecule has 16 heavy (non-hydrogen) atoms. The number of ether oxygens (including phenoxy) is 2. The van der Waals surface area contributed by atoms with Crippen LogP contribution in [0, 0.1) is 0 Å². The highest BCUT2D eigenvalue weighted by molar-refractivity contribution is 5.81. The molecule has 0 aromatic heterocycles. The Morgan fingerprint density at radius 2 is 2.25 bits per heavy atom. The fraction of sp³-hybridized carbons (Fsp3) is 0.909. The van der Waals surface area contributed by atoms with Crippen molar-refractivity contribution in [3.63, 3.8) is 0 Å². The highest BCUT2D eigenvalue weighted by Gasteiger charge is 2.31. The fourth-order valence-electron chi connectivity index (χ4n) is 2.23. The van der Waals surface area contributed by atoms with Gasteiger partial charge in [-0.15, -0.1) is 0 Å². The maximum atomic E-state index is 11.9. The number of carbonyl (C=O) groups excluding carboxylic acids is 1. The summed E-state index contributed by atoms with van der Waals surface area (Å²) in [5.74, 6) is -0.00389. The molecule has 0 spiro atoms. The number of aliphatic hydroxyl groups is 1. The molecule has 0 aromatic rings. The highest BCUT2D eigenvalue weighted by atomic mass is 16.5. The monoisotopic (exact) mass is 229 g/mol. The van der Waals surface area contributed by atoms with Crippen LogP contribution in [-0.4, -0.2) is 61.0 Å². The van der Waals surface area contributed by atoms with Crippen molar-refractivity contribution < 1.29 is 19.4 Å². The molecular formula is C11H19NO4. The largest absolute Gasteiger partial charge is 0.396 e. The van der Waals surface area contributed by atoms with Crippen molar-refractivity contribution in [1.82, 2.24) is 4.90 Å². The van der Waals surface area contributed by atoms with Crippen molar-refractivity contribution in [2.75, 3.05) is 32.9 Å². The summed E-state index contributed by atoms with van der Waals surface area (Å²) in [5, 5.41) is 8.83. The van der Waals surface area contributed by atoms with E-state index in [1.807, 2.05) is 0 Å². The predicted molar refractivity (Wildman–Crippen MR) is 57.0 cm³/mol. The van der Waals surface area contributed by atoms with Crippen LogP contribution in [0.25, 0.3) is 0 Å². The van der Waals surface area contributed by atoms with E-state index in [9.17, 15) is 4.79 Å². The molecule has 2 atom stereocenters. The van der Waals surface area contributed by atoms with Crippen LogP contribution in [0.5, 0.6) is 0 Å². The van der Waals surface area contributed by atoms with E-state index in [0.29, 0.717) is 26.1 Å². The maximum Gasteiger partial charge on any atom is 0.251 e. The molecule has 2 rings (SSSR count). The maximum absolute atomic E-state index is 11.9. The van der Waals surface area contributed by atoms with Crippen LogP contribution >= 0.6 is 0 Å². The quantitative estimate of drug-likeness (QED) is 0.724. The predicted octanol–water partition coefficient (Wildman–Crippen LogP) is -0.225. The number of aliphatic hydroxyl groups excluding tert-OH is 1. The Hall–Kier alpha value is -0.650. The van der Waals surface area contributed by atoms with Gasteiger partial charge in [-0.25, -0.2) is 0 Å². The van der Waals surface area contributed by atoms with Gasteiger partial charge in [0.25, 0.3) is 5.91 Å². The van der Waals surface area contributed by atoms with Crippen LogP contribution < -0.4 is 0 Å². The lowest BCUT2D eigenvalue weighted by Crippen LogP contribution is -2.50. The Morgan fingerprint density at radius 1 is 1.38 bits per heavy atom. The molecule has 2 unspecified atom stereocenters. The molecular weight excluding hydrogens is 210 g/mol. The Morgan fingerprint density at radius 3 is 2.94 bits per heavy atom. The van der Waals surface area contributed by atoms with Crippen LogP contribution in [0.2, 0.25) is 0 Å². The molecule has 1 amide bonds. The minimum Gasteiger partial charge on any atom is -0.396 e. The second kappa shape index (κ2) is 5.61. The van der Waals surface area contributed by atoms with Gasteiger partial charge in [0.1, 0.15) is 6.10 Å². The molecule has 0 aromatic carbocycles. The summed E-state index contributed by atoms with van der Waals surface area (Å²) >= 11 is 0. The zero-order valence-electron chi connectivity index (χ0n) is 9.43. The normalized spacial score (nSPS) is 31.1. The molecule has 5 nitrogen and oxygen atoms in total. The number of hydrogen-bond acceptors (Lipinski definition) is 4. The Kier molecular flexibility index (Phi) is 4.15. The first kappa shape index (κ1) is 11.8. The summed E-state index contributed by atoms with van der Waals surface area (Å²) in [6, 6.07) is 0. The molecule has 2 fully saturated rings. The molecule has 0 aliphatic carbocycles. The van der Waals surface area contributed by atoms with Gasteiger partial charge in [-0.2, -0.15) is 0 Å². The van der Waals surface area contributed by atoms with E-state index >= 15 is 0 Å². The molecule has 2 aliphatic heterocycles. The van der Waals surface area contributed by atoms with Crippen molar-refractivity contribution in [3.05, 3.63) is 0 Å². The van der Waals surface area contributed by atoms with Gasteiger partial charge in [-0.05, 0) is 12.8 Å². The average molecular weight is 229 g/mol. The molecule has 1 N–H and O–H groups in total. The first-order valence-corrected chi connectivity index (χ1v) is 5.94. The second-order valence-corrected chi connectivity index (χ2v) is 4.29. The van der Waals surface area contributed by atoms with Gasteiger partial charge in [-0.1, -0.05) is 0 Å². The third-order valence-electron chi connectivity index (χ3n) is 3.11. The lowest BCUT2D eigenvalue weighted by molar-refractivity contribution is -0.155. The zero-order valence-corrected chi connectivity index (χ0v) is 9.43. The smallest absolute Gasteiger partial charge is 0.251 e. The lowest BCUT2D eigenvalue weighted by Gasteiger charge is -2.33. The Labute approximate surface area is 95.3 Å². The topological polar surface area (TPSA) is 59.0 Å². The Balaban J connectivity index is 1.85. The fourth-order valence-corrected chi connectivity index (χ4v) is 2.23. The molecule has 0 radical (unpaired) electrons. The van der Waals surface area contributed by atoms with Crippen molar-refractivity contribution in [2.24, 2.45) is 0 Å². The number of nitrogens with zero attached hydrogens (tertiary/aromatic N) is 1. The van der Waals surface area contributed by atoms with Crippen LogP contribution in [0.15, 0.2) is 0 Å². The summed E-state index contributed by atoms with van der Waals surface area (Å²) < 4.78 is 10.8. The highest BCUT2D eigenvalue weighted by Crippen LogP contribution is 2.16. The summed E-state index contributed by atoms with van der Waals surface area (Å²) in [6.45, 7) is 2.67. The summed E-state index contributed by atoms with van der Waals surface area (Å²) in [5.41, 5.74) is 0. The van der Waals surface area contributed by atoms with Crippen LogP contribution in [0.3, 0.4) is 0 Å². The molecule has 2 saturated heterocycles. The van der Waals surface area contributed by atoms with Crippen molar-refractivity contribution in [1.29, 1.82) is 0 Å². The summed E-state index contributed by atoms with van der Waals surface area (Å²) in [7, 11) is 0. The number of amides is 1. The summed E-state index contributed by atoms with van der Waals surface area (Å²) in [6.07, 6.45) is 2.25. The summed E-state index contributed by atoms with van der Waals surface area (Å²) in [4.78, 5) is 13.7. The van der Waals surface area contributed by atoms with Crippen LogP contribution in [0.1, 0.15) is 19.3 Å². The first-order valence-electron chi connectivity index (χ1n) is 5.94. The molecule has 92 valence electrons. The van der Waals surface area contributed by atoms with Crippen molar-refractivity contribution in [2.45, 2.75) is 31.5 Å². The number of morpholine rings is 1. The van der Waals surface area contributed by atoms with Gasteiger partial charge in [0.15, 0.2) is 0 Å². The minimum absolute atomic E-state index is 0.00389. The van der Waals surface area contributed by atoms with Gasteiger partial charge < -0.3 is 19.5 Å². The molecule has 2 aliphatic rings. The number of carbonyl (C=O) groups is 1. The van der Waals surface area contributed by atoms with E-state index in [4.69, 9.17) is 14.6 Å². The SMILES string of the molecule is O=C1C(CCO)OCCN1CC1CCCO1. The van der Waals surface area contributed by atoms with E-state index in [-0.39, 0.29) is 18.6 Å². The van der Waals surface area contributed by atoms with Gasteiger partial charge in [0.05, 0.1) is 12.7 Å². The van der Waals surface area contributed by atoms with E-state index in [0.717, 1.165) is 19.4 Å². The minimum atomic E-state index is -0.458. The zero-order chi connectivity index (χ0) is 11.4. The average Bonchev–Trinajstić information content (AvgIpc) is 2.77. The molecule has 0 saturated carbocycles. The first-order chi connectivity index (χ1) is 7.81. The lowest BCUT2D eigenvalue weighted by atomic mass is 10.1. The van der Waals surface area contributed by atoms with Crippen LogP contribution in [-0.2, 0) is 14.3 Å². The third kappa shape index (κ3) is 2.72. The van der Waals surface area contributed by atoms with Gasteiger partial charge in [-0.3, -0.25) is 4.79 Å². The number of rotatable bonds is 4. The molecule has 0 bridgehead atoms. The van der Waals surface area contributed by atoms with Crippen molar-refractivity contribution in [3.8, 4) is 0 Å². The van der Waals surface area contributed by atoms with E-state index in [2.05, 4.69) is 0 Å². The van der Waals surface area contributed by atoms with Gasteiger partial charge in [0.2, 0.25) is 0 Å². The van der Waals surface area contributed by atoms with Crippen molar-refractivity contribution >= 4 is 5.91 Å². The van der Waals surface area contributed by atoms with Gasteiger partial charge in [0, 0.05) is 32.7 Å². The van der Waals surface area contributed by atoms with E-state index in [1.54, 1.807) is 4.90 Å². The standard InChI is InChI=1S/C11H19NO4/c13-5-3-10-11(14)12(4-7-16-10)8-9-2-1-6-15-9/h9-10,13H,1-8H2. The van der Waals surface area contributed by atoms with E-state index in [1.165, 1.54) is 0 Å². The van der Waals surface area contributed by atoms with Gasteiger partial charge >= 0.3 is 0 Å².